The van der Waals surface area contributed by atoms with Crippen LogP contribution in [0.4, 0.5) is 5.69 Å². The number of hydrogen-bond acceptors (Lipinski definition) is 4. The van der Waals surface area contributed by atoms with Gasteiger partial charge in [0.05, 0.1) is 4.92 Å². The Morgan fingerprint density at radius 3 is 2.63 bits per heavy atom. The van der Waals surface area contributed by atoms with Gasteiger partial charge in [0, 0.05) is 34.9 Å². The van der Waals surface area contributed by atoms with Gasteiger partial charge in [-0.1, -0.05) is 30.3 Å². The summed E-state index contributed by atoms with van der Waals surface area (Å²) in [6, 6.07) is 16.7. The van der Waals surface area contributed by atoms with E-state index in [-0.39, 0.29) is 5.69 Å². The molecule has 0 N–H and O–H groups in total. The Labute approximate surface area is 155 Å². The fraction of sp³-hybridized carbons (Fsp3) is 0.0909. The van der Waals surface area contributed by atoms with Crippen LogP contribution >= 0.6 is 0 Å². The first-order chi connectivity index (χ1) is 13.1. The van der Waals surface area contributed by atoms with Crippen molar-refractivity contribution in [3.8, 4) is 11.5 Å². The van der Waals surface area contributed by atoms with Crippen molar-refractivity contribution in [3.05, 3.63) is 87.5 Å². The number of hydrogen-bond donors (Lipinski definition) is 0. The van der Waals surface area contributed by atoms with Crippen molar-refractivity contribution in [2.24, 2.45) is 0 Å². The van der Waals surface area contributed by atoms with Crippen LogP contribution in [0.3, 0.4) is 0 Å². The number of benzene rings is 3. The predicted molar refractivity (Wildman–Crippen MR) is 104 cm³/mol. The summed E-state index contributed by atoms with van der Waals surface area (Å²) >= 11 is 0. The van der Waals surface area contributed by atoms with Gasteiger partial charge in [0.15, 0.2) is 0 Å². The maximum atomic E-state index is 11.0. The summed E-state index contributed by atoms with van der Waals surface area (Å²) in [6.07, 6.45) is 5.80. The summed E-state index contributed by atoms with van der Waals surface area (Å²) < 4.78 is 12.5. The Bertz CT molecular complexity index is 1180. The molecule has 2 heterocycles. The van der Waals surface area contributed by atoms with Gasteiger partial charge >= 0.3 is 0 Å². The molecule has 0 unspecified atom stereocenters. The van der Waals surface area contributed by atoms with Gasteiger partial charge in [0.25, 0.3) is 11.5 Å². The van der Waals surface area contributed by atoms with Crippen molar-refractivity contribution in [2.75, 3.05) is 0 Å². The average Bonchev–Trinajstić information content (AvgIpc) is 2.68. The van der Waals surface area contributed by atoms with Crippen LogP contribution in [-0.4, -0.2) is 10.7 Å². The standard InChI is InChI=1S/C22H15NO4/c1-14-12-16-13-17(23(24)25)7-9-20(16)26-22(14)11-10-19-18-5-3-2-4-15(18)6-8-21(19)27-22/h2-13H,1H3/t22-/m1/s1. The zero-order valence-corrected chi connectivity index (χ0v) is 14.5. The lowest BCUT2D eigenvalue weighted by atomic mass is 9.94. The lowest BCUT2D eigenvalue weighted by molar-refractivity contribution is -0.384. The van der Waals surface area contributed by atoms with Crippen molar-refractivity contribution < 1.29 is 14.4 Å². The second kappa shape index (κ2) is 5.45. The van der Waals surface area contributed by atoms with Gasteiger partial charge in [0.1, 0.15) is 11.5 Å². The molecule has 2 aliphatic heterocycles. The first kappa shape index (κ1) is 15.6. The Kier molecular flexibility index (Phi) is 3.15. The molecule has 5 nitrogen and oxygen atoms in total. The Hall–Kier alpha value is -3.60. The quantitative estimate of drug-likeness (QED) is 0.435. The van der Waals surface area contributed by atoms with E-state index in [1.165, 1.54) is 12.1 Å². The topological polar surface area (TPSA) is 61.6 Å². The van der Waals surface area contributed by atoms with Crippen LogP contribution in [0.15, 0.2) is 66.2 Å². The molecule has 1 spiro atoms. The van der Waals surface area contributed by atoms with E-state index in [1.54, 1.807) is 6.07 Å². The first-order valence-electron chi connectivity index (χ1n) is 8.62. The molecule has 27 heavy (non-hydrogen) atoms. The van der Waals surface area contributed by atoms with Crippen LogP contribution in [0.5, 0.6) is 11.5 Å². The molecule has 1 atom stereocenters. The highest BCUT2D eigenvalue weighted by Gasteiger charge is 2.40. The van der Waals surface area contributed by atoms with Crippen molar-refractivity contribution in [1.82, 2.24) is 0 Å². The van der Waals surface area contributed by atoms with Crippen LogP contribution in [0.2, 0.25) is 0 Å². The van der Waals surface area contributed by atoms with Crippen molar-refractivity contribution >= 4 is 28.6 Å². The molecule has 3 aromatic rings. The summed E-state index contributed by atoms with van der Waals surface area (Å²) in [5.74, 6) is 0.257. The number of non-ortho nitro benzene ring substituents is 1. The smallest absolute Gasteiger partial charge is 0.294 e. The van der Waals surface area contributed by atoms with Crippen LogP contribution in [-0.2, 0) is 0 Å². The lowest BCUT2D eigenvalue weighted by Crippen LogP contribution is -2.44. The third-order valence-electron chi connectivity index (χ3n) is 5.05. The van der Waals surface area contributed by atoms with Crippen molar-refractivity contribution in [3.63, 3.8) is 0 Å². The molecule has 0 amide bonds. The summed E-state index contributed by atoms with van der Waals surface area (Å²) in [4.78, 5) is 10.6. The molecule has 0 saturated heterocycles. The maximum absolute atomic E-state index is 11.0. The van der Waals surface area contributed by atoms with E-state index in [0.29, 0.717) is 11.3 Å². The number of fused-ring (bicyclic) bond motifs is 4. The number of nitrogens with zero attached hydrogens (tertiary/aromatic N) is 1. The van der Waals surface area contributed by atoms with Gasteiger partial charge < -0.3 is 9.47 Å². The van der Waals surface area contributed by atoms with Gasteiger partial charge in [-0.3, -0.25) is 10.1 Å². The molecule has 0 radical (unpaired) electrons. The fourth-order valence-corrected chi connectivity index (χ4v) is 3.63. The van der Waals surface area contributed by atoms with E-state index in [2.05, 4.69) is 12.1 Å². The van der Waals surface area contributed by atoms with Gasteiger partial charge in [0.2, 0.25) is 0 Å². The third kappa shape index (κ3) is 2.32. The van der Waals surface area contributed by atoms with Crippen LogP contribution in [0, 0.1) is 10.1 Å². The van der Waals surface area contributed by atoms with E-state index in [0.717, 1.165) is 27.7 Å². The molecule has 5 rings (SSSR count). The van der Waals surface area contributed by atoms with Gasteiger partial charge in [-0.2, -0.15) is 0 Å². The van der Waals surface area contributed by atoms with Crippen LogP contribution < -0.4 is 9.47 Å². The number of nitro groups is 1. The Balaban J connectivity index is 1.60. The molecule has 0 bridgehead atoms. The molecular weight excluding hydrogens is 342 g/mol. The van der Waals surface area contributed by atoms with Crippen LogP contribution in [0.25, 0.3) is 22.9 Å². The van der Waals surface area contributed by atoms with Gasteiger partial charge in [-0.25, -0.2) is 0 Å². The molecule has 0 fully saturated rings. The summed E-state index contributed by atoms with van der Waals surface area (Å²) in [6.45, 7) is 1.90. The second-order valence-electron chi connectivity index (χ2n) is 6.71. The third-order valence-corrected chi connectivity index (χ3v) is 5.05. The van der Waals surface area contributed by atoms with E-state index in [9.17, 15) is 10.1 Å². The zero-order valence-electron chi connectivity index (χ0n) is 14.5. The minimum Gasteiger partial charge on any atom is -0.444 e. The minimum atomic E-state index is -1.04. The highest BCUT2D eigenvalue weighted by molar-refractivity contribution is 5.94. The Morgan fingerprint density at radius 2 is 1.78 bits per heavy atom. The highest BCUT2D eigenvalue weighted by Crippen LogP contribution is 2.44. The predicted octanol–water partition coefficient (Wildman–Crippen LogP) is 5.35. The fourth-order valence-electron chi connectivity index (χ4n) is 3.63. The van der Waals surface area contributed by atoms with Gasteiger partial charge in [-0.05, 0) is 42.0 Å². The molecule has 0 aliphatic carbocycles. The normalized spacial score (nSPS) is 19.7. The zero-order chi connectivity index (χ0) is 18.6. The molecule has 5 heteroatoms. The minimum absolute atomic E-state index is 0.0364. The summed E-state index contributed by atoms with van der Waals surface area (Å²) in [5, 5.41) is 13.3. The number of ether oxygens (including phenoxy) is 2. The molecule has 0 saturated carbocycles. The van der Waals surface area contributed by atoms with E-state index in [1.807, 2.05) is 49.4 Å². The number of nitro benzene ring substituents is 1. The molecule has 2 aliphatic rings. The SMILES string of the molecule is CC1=Cc2cc([N+](=O)[O-])ccc2O[C@@]12C=Cc1c(ccc3ccccc13)O2. The molecule has 0 aromatic heterocycles. The van der Waals surface area contributed by atoms with Gasteiger partial charge in [-0.15, -0.1) is 0 Å². The molecular formula is C22H15NO4. The second-order valence-corrected chi connectivity index (χ2v) is 6.71. The summed E-state index contributed by atoms with van der Waals surface area (Å²) in [7, 11) is 0. The molecule has 132 valence electrons. The van der Waals surface area contributed by atoms with Crippen molar-refractivity contribution in [1.29, 1.82) is 0 Å². The lowest BCUT2D eigenvalue weighted by Gasteiger charge is -2.38. The van der Waals surface area contributed by atoms with Crippen molar-refractivity contribution in [2.45, 2.75) is 12.7 Å². The van der Waals surface area contributed by atoms with E-state index in [4.69, 9.17) is 9.47 Å². The van der Waals surface area contributed by atoms with Crippen LogP contribution in [0.1, 0.15) is 18.1 Å². The molecule has 3 aromatic carbocycles. The Morgan fingerprint density at radius 1 is 1.00 bits per heavy atom. The largest absolute Gasteiger partial charge is 0.444 e. The van der Waals surface area contributed by atoms with E-state index >= 15 is 0 Å². The maximum Gasteiger partial charge on any atom is 0.294 e. The van der Waals surface area contributed by atoms with E-state index < -0.39 is 10.7 Å². The average molecular weight is 357 g/mol. The summed E-state index contributed by atoms with van der Waals surface area (Å²) in [5.41, 5.74) is 2.55. The number of rotatable bonds is 1. The monoisotopic (exact) mass is 357 g/mol. The first-order valence-corrected chi connectivity index (χ1v) is 8.62. The highest BCUT2D eigenvalue weighted by atomic mass is 16.7.